The summed E-state index contributed by atoms with van der Waals surface area (Å²) in [4.78, 5) is 11.2. The lowest BCUT2D eigenvalue weighted by Crippen LogP contribution is -2.03. The number of hydrogen-bond donors (Lipinski definition) is 1. The van der Waals surface area contributed by atoms with Crippen LogP contribution in [0.4, 0.5) is 4.39 Å². The minimum Gasteiger partial charge on any atom is -0.481 e. The van der Waals surface area contributed by atoms with E-state index in [-0.39, 0.29) is 12.0 Å². The summed E-state index contributed by atoms with van der Waals surface area (Å²) in [5.41, 5.74) is 0.253. The molecule has 0 spiro atoms. The van der Waals surface area contributed by atoms with Crippen LogP contribution in [-0.4, -0.2) is 17.3 Å². The van der Waals surface area contributed by atoms with Crippen molar-refractivity contribution in [1.82, 2.24) is 0 Å². The number of rotatable bonds is 3. The van der Waals surface area contributed by atoms with Crippen molar-refractivity contribution in [2.24, 2.45) is 0 Å². The van der Waals surface area contributed by atoms with Gasteiger partial charge in [-0.05, 0) is 29.2 Å². The molecule has 16 heavy (non-hydrogen) atoms. The molecular weight excluding hydrogens is 247 g/mol. The Morgan fingerprint density at radius 1 is 1.62 bits per heavy atom. The Kier molecular flexibility index (Phi) is 3.16. The Labute approximate surface area is 100 Å². The molecule has 1 aromatic carbocycles. The zero-order chi connectivity index (χ0) is 11.7. The van der Waals surface area contributed by atoms with Crippen molar-refractivity contribution >= 4 is 39.2 Å². The zero-order valence-corrected chi connectivity index (χ0v) is 10.1. The van der Waals surface area contributed by atoms with E-state index in [4.69, 9.17) is 5.11 Å². The van der Waals surface area contributed by atoms with Crippen LogP contribution < -0.4 is 0 Å². The van der Waals surface area contributed by atoms with Crippen molar-refractivity contribution in [1.29, 1.82) is 0 Å². The molecule has 2 nitrogen and oxygen atoms in total. The van der Waals surface area contributed by atoms with Crippen molar-refractivity contribution < 1.29 is 14.3 Å². The van der Waals surface area contributed by atoms with E-state index in [1.807, 2.05) is 11.4 Å². The topological polar surface area (TPSA) is 37.3 Å². The van der Waals surface area contributed by atoms with Crippen LogP contribution in [0.5, 0.6) is 0 Å². The largest absolute Gasteiger partial charge is 0.481 e. The van der Waals surface area contributed by atoms with Gasteiger partial charge in [-0.3, -0.25) is 4.79 Å². The molecule has 5 heteroatoms. The molecular formula is C11H9FO2S2. The van der Waals surface area contributed by atoms with Gasteiger partial charge >= 0.3 is 5.97 Å². The van der Waals surface area contributed by atoms with Gasteiger partial charge in [-0.2, -0.15) is 0 Å². The molecule has 1 aromatic heterocycles. The van der Waals surface area contributed by atoms with Gasteiger partial charge in [0.1, 0.15) is 5.82 Å². The smallest absolute Gasteiger partial charge is 0.307 e. The number of thiophene rings is 1. The predicted molar refractivity (Wildman–Crippen MR) is 64.9 cm³/mol. The van der Waals surface area contributed by atoms with Crippen molar-refractivity contribution in [3.8, 4) is 0 Å². The second kappa shape index (κ2) is 4.43. The average molecular weight is 256 g/mol. The van der Waals surface area contributed by atoms with Crippen molar-refractivity contribution in [2.45, 2.75) is 11.3 Å². The third kappa shape index (κ3) is 1.92. The van der Waals surface area contributed by atoms with Crippen molar-refractivity contribution in [3.05, 3.63) is 28.9 Å². The van der Waals surface area contributed by atoms with Crippen LogP contribution >= 0.6 is 23.1 Å². The van der Waals surface area contributed by atoms with E-state index in [2.05, 4.69) is 0 Å². The summed E-state index contributed by atoms with van der Waals surface area (Å²) >= 11 is 2.79. The molecule has 1 N–H and O–H groups in total. The van der Waals surface area contributed by atoms with Crippen LogP contribution in [0, 0.1) is 5.82 Å². The Balaban J connectivity index is 2.66. The molecule has 0 radical (unpaired) electrons. The summed E-state index contributed by atoms with van der Waals surface area (Å²) in [6, 6.07) is 3.50. The van der Waals surface area contributed by atoms with Gasteiger partial charge in [-0.1, -0.05) is 0 Å². The number of thioether (sulfide) groups is 1. The summed E-state index contributed by atoms with van der Waals surface area (Å²) in [6.07, 6.45) is 1.52. The lowest BCUT2D eigenvalue weighted by Gasteiger charge is -2.06. The van der Waals surface area contributed by atoms with E-state index in [1.165, 1.54) is 23.1 Å². The standard InChI is InChI=1S/C11H9FO2S2/c1-15-11-9(12)7(5-8(13)14)4-6-2-3-16-10(6)11/h2-4H,5H2,1H3,(H,13,14). The average Bonchev–Trinajstić information content (AvgIpc) is 2.66. The van der Waals surface area contributed by atoms with Crippen LogP contribution in [0.15, 0.2) is 22.4 Å². The number of carboxylic acids is 1. The maximum absolute atomic E-state index is 14.0. The second-order valence-electron chi connectivity index (χ2n) is 3.29. The van der Waals surface area contributed by atoms with Crippen LogP contribution in [0.3, 0.4) is 0 Å². The maximum atomic E-state index is 14.0. The molecule has 84 valence electrons. The van der Waals surface area contributed by atoms with Crippen LogP contribution in [0.2, 0.25) is 0 Å². The number of fused-ring (bicyclic) bond motifs is 1. The van der Waals surface area contributed by atoms with Crippen molar-refractivity contribution in [3.63, 3.8) is 0 Å². The van der Waals surface area contributed by atoms with E-state index in [1.54, 1.807) is 12.3 Å². The number of aliphatic carboxylic acids is 1. The molecule has 0 unspecified atom stereocenters. The van der Waals surface area contributed by atoms with Gasteiger partial charge < -0.3 is 5.11 Å². The predicted octanol–water partition coefficient (Wildman–Crippen LogP) is 3.39. The number of hydrogen-bond acceptors (Lipinski definition) is 3. The summed E-state index contributed by atoms with van der Waals surface area (Å²) < 4.78 is 14.9. The fourth-order valence-electron chi connectivity index (χ4n) is 1.59. The lowest BCUT2D eigenvalue weighted by molar-refractivity contribution is -0.136. The van der Waals surface area contributed by atoms with Crippen molar-refractivity contribution in [2.75, 3.05) is 6.26 Å². The van der Waals surface area contributed by atoms with Gasteiger partial charge in [0.05, 0.1) is 16.0 Å². The van der Waals surface area contributed by atoms with E-state index in [9.17, 15) is 9.18 Å². The van der Waals surface area contributed by atoms with Gasteiger partial charge in [0, 0.05) is 5.56 Å². The molecule has 0 aliphatic rings. The van der Waals surface area contributed by atoms with Gasteiger partial charge in [-0.25, -0.2) is 4.39 Å². The number of halogens is 1. The molecule has 0 bridgehead atoms. The summed E-state index contributed by atoms with van der Waals surface area (Å²) in [5.74, 6) is -1.41. The molecule has 2 aromatic rings. The Morgan fingerprint density at radius 2 is 2.38 bits per heavy atom. The number of benzene rings is 1. The number of carboxylic acid groups (broad SMARTS) is 1. The Hall–Kier alpha value is -1.07. The normalized spacial score (nSPS) is 10.9. The fraction of sp³-hybridized carbons (Fsp3) is 0.182. The Morgan fingerprint density at radius 3 is 3.00 bits per heavy atom. The quantitative estimate of drug-likeness (QED) is 0.855. The van der Waals surface area contributed by atoms with Gasteiger partial charge in [-0.15, -0.1) is 23.1 Å². The molecule has 0 amide bonds. The first-order chi connectivity index (χ1) is 7.63. The van der Waals surface area contributed by atoms with Gasteiger partial charge in [0.15, 0.2) is 0 Å². The third-order valence-electron chi connectivity index (χ3n) is 2.26. The van der Waals surface area contributed by atoms with E-state index < -0.39 is 11.8 Å². The molecule has 2 rings (SSSR count). The van der Waals surface area contributed by atoms with Gasteiger partial charge in [0.25, 0.3) is 0 Å². The highest BCUT2D eigenvalue weighted by Crippen LogP contribution is 2.35. The third-order valence-corrected chi connectivity index (χ3v) is 4.13. The summed E-state index contributed by atoms with van der Waals surface area (Å²) in [6.45, 7) is 0. The molecule has 0 fully saturated rings. The summed E-state index contributed by atoms with van der Waals surface area (Å²) in [5, 5.41) is 11.5. The minimum atomic E-state index is -1.01. The molecule has 0 atom stereocenters. The van der Waals surface area contributed by atoms with E-state index in [0.29, 0.717) is 4.90 Å². The highest BCUT2D eigenvalue weighted by molar-refractivity contribution is 7.99. The lowest BCUT2D eigenvalue weighted by atomic mass is 10.1. The van der Waals surface area contributed by atoms with Crippen LogP contribution in [-0.2, 0) is 11.2 Å². The van der Waals surface area contributed by atoms with E-state index >= 15 is 0 Å². The molecule has 0 aliphatic heterocycles. The molecule has 0 saturated heterocycles. The molecule has 0 aliphatic carbocycles. The fourth-order valence-corrected chi connectivity index (χ4v) is 3.41. The van der Waals surface area contributed by atoms with E-state index in [0.717, 1.165) is 10.1 Å². The SMILES string of the molecule is CSc1c(F)c(CC(=O)O)cc2ccsc12. The second-order valence-corrected chi connectivity index (χ2v) is 5.03. The number of carbonyl (C=O) groups is 1. The van der Waals surface area contributed by atoms with Crippen LogP contribution in [0.25, 0.3) is 10.1 Å². The Bertz CT molecular complexity index is 548. The molecule has 0 saturated carbocycles. The van der Waals surface area contributed by atoms with Gasteiger partial charge in [0.2, 0.25) is 0 Å². The first-order valence-electron chi connectivity index (χ1n) is 4.58. The molecule has 1 heterocycles. The highest BCUT2D eigenvalue weighted by Gasteiger charge is 2.15. The maximum Gasteiger partial charge on any atom is 0.307 e. The highest BCUT2D eigenvalue weighted by atomic mass is 32.2. The van der Waals surface area contributed by atoms with Crippen LogP contribution in [0.1, 0.15) is 5.56 Å². The minimum absolute atomic E-state index is 0.253. The monoisotopic (exact) mass is 256 g/mol. The first kappa shape index (κ1) is 11.4. The zero-order valence-electron chi connectivity index (χ0n) is 8.49. The summed E-state index contributed by atoms with van der Waals surface area (Å²) in [7, 11) is 0. The first-order valence-corrected chi connectivity index (χ1v) is 6.68.